The van der Waals surface area contributed by atoms with Crippen molar-refractivity contribution < 1.29 is 34.1 Å². The third-order valence-electron chi connectivity index (χ3n) is 9.36. The van der Waals surface area contributed by atoms with Crippen molar-refractivity contribution in [1.29, 1.82) is 0 Å². The van der Waals surface area contributed by atoms with Crippen LogP contribution in [0.25, 0.3) is 0 Å². The van der Waals surface area contributed by atoms with Crippen molar-refractivity contribution in [3.8, 4) is 0 Å². The SMILES string of the molecule is CCOC[C@H]1C(=O)[C@@]23[C@H](O)C[C@@H]4C(C)(C)[C@@H](OC(C)=O)CC[C@@]4(C)[C@@H]2C(=O)C[C@H]1[C@H]3O. The molecule has 0 radical (unpaired) electrons. The molecule has 0 unspecified atom stereocenters. The molecule has 4 saturated carbocycles. The standard InChI is InChI=1S/C24H36O7/c1-6-30-11-14-13-9-15(26)19-23(5)8-7-18(31-12(2)25)22(3,4)16(23)10-17(27)24(19,20(13)28)21(14)29/h13-14,16-20,27-28H,6-11H2,1-5H3/t13-,14-,16-,17-,18+,19+,20-,23-,24+/m1/s1. The lowest BCUT2D eigenvalue weighted by Gasteiger charge is -2.65. The Morgan fingerprint density at radius 2 is 1.87 bits per heavy atom. The summed E-state index contributed by atoms with van der Waals surface area (Å²) in [7, 11) is 0. The molecule has 0 aliphatic heterocycles. The zero-order chi connectivity index (χ0) is 22.9. The molecular formula is C24H36O7. The number of rotatable bonds is 4. The summed E-state index contributed by atoms with van der Waals surface area (Å²) in [5, 5.41) is 22.8. The Morgan fingerprint density at radius 3 is 2.48 bits per heavy atom. The van der Waals surface area contributed by atoms with Crippen molar-refractivity contribution in [2.24, 2.45) is 39.9 Å². The summed E-state index contributed by atoms with van der Waals surface area (Å²) in [6.45, 7) is 9.94. The van der Waals surface area contributed by atoms with Crippen LogP contribution >= 0.6 is 0 Å². The summed E-state index contributed by atoms with van der Waals surface area (Å²) in [5.41, 5.74) is -2.51. The van der Waals surface area contributed by atoms with Gasteiger partial charge in [-0.2, -0.15) is 0 Å². The molecule has 2 bridgehead atoms. The van der Waals surface area contributed by atoms with Crippen LogP contribution in [0.4, 0.5) is 0 Å². The molecule has 9 atom stereocenters. The molecule has 0 heterocycles. The van der Waals surface area contributed by atoms with E-state index >= 15 is 0 Å². The summed E-state index contributed by atoms with van der Waals surface area (Å²) in [4.78, 5) is 39.0. The van der Waals surface area contributed by atoms with E-state index in [0.29, 0.717) is 25.9 Å². The normalized spacial score (nSPS) is 48.2. The second-order valence-corrected chi connectivity index (χ2v) is 11.0. The Kier molecular flexibility index (Phi) is 5.43. The Morgan fingerprint density at radius 1 is 1.19 bits per heavy atom. The van der Waals surface area contributed by atoms with Gasteiger partial charge in [0.1, 0.15) is 11.9 Å². The van der Waals surface area contributed by atoms with E-state index in [-0.39, 0.29) is 42.6 Å². The predicted molar refractivity (Wildman–Crippen MR) is 111 cm³/mol. The van der Waals surface area contributed by atoms with Crippen LogP contribution < -0.4 is 0 Å². The number of aliphatic hydroxyl groups is 2. The second kappa shape index (κ2) is 7.35. The molecule has 0 aromatic carbocycles. The molecule has 4 aliphatic rings. The molecular weight excluding hydrogens is 400 g/mol. The first kappa shape index (κ1) is 22.9. The Hall–Kier alpha value is -1.31. The quantitative estimate of drug-likeness (QED) is 0.648. The number of aliphatic hydroxyl groups excluding tert-OH is 2. The lowest BCUT2D eigenvalue weighted by Crippen LogP contribution is -2.70. The maximum absolute atomic E-state index is 13.8. The highest BCUT2D eigenvalue weighted by Gasteiger charge is 2.77. The van der Waals surface area contributed by atoms with E-state index in [4.69, 9.17) is 9.47 Å². The van der Waals surface area contributed by atoms with Gasteiger partial charge in [0, 0.05) is 43.1 Å². The van der Waals surface area contributed by atoms with E-state index in [1.54, 1.807) is 0 Å². The van der Waals surface area contributed by atoms with Gasteiger partial charge in [-0.25, -0.2) is 0 Å². The third-order valence-corrected chi connectivity index (χ3v) is 9.36. The van der Waals surface area contributed by atoms with Gasteiger partial charge in [-0.15, -0.1) is 0 Å². The van der Waals surface area contributed by atoms with Gasteiger partial charge < -0.3 is 19.7 Å². The largest absolute Gasteiger partial charge is 0.462 e. The monoisotopic (exact) mass is 436 g/mol. The molecule has 4 aliphatic carbocycles. The zero-order valence-electron chi connectivity index (χ0n) is 19.2. The minimum absolute atomic E-state index is 0.0318. The summed E-state index contributed by atoms with van der Waals surface area (Å²) < 4.78 is 11.2. The lowest BCUT2D eigenvalue weighted by molar-refractivity contribution is -0.236. The van der Waals surface area contributed by atoms with E-state index < -0.39 is 46.2 Å². The van der Waals surface area contributed by atoms with Gasteiger partial charge in [-0.3, -0.25) is 14.4 Å². The molecule has 4 rings (SSSR count). The van der Waals surface area contributed by atoms with Gasteiger partial charge in [0.25, 0.3) is 0 Å². The number of hydrogen-bond donors (Lipinski definition) is 2. The Bertz CT molecular complexity index is 791. The highest BCUT2D eigenvalue weighted by molar-refractivity contribution is 6.01. The van der Waals surface area contributed by atoms with Crippen molar-refractivity contribution >= 4 is 17.5 Å². The fourth-order valence-electron chi connectivity index (χ4n) is 8.14. The average molecular weight is 437 g/mol. The number of ketones is 2. The first-order valence-corrected chi connectivity index (χ1v) is 11.6. The molecule has 31 heavy (non-hydrogen) atoms. The predicted octanol–water partition coefficient (Wildman–Crippen LogP) is 1.91. The maximum Gasteiger partial charge on any atom is 0.302 e. The minimum Gasteiger partial charge on any atom is -0.462 e. The van der Waals surface area contributed by atoms with Gasteiger partial charge >= 0.3 is 5.97 Å². The highest BCUT2D eigenvalue weighted by Crippen LogP contribution is 2.70. The van der Waals surface area contributed by atoms with E-state index in [9.17, 15) is 24.6 Å². The fraction of sp³-hybridized carbons (Fsp3) is 0.875. The van der Waals surface area contributed by atoms with Gasteiger partial charge in [0.05, 0.1) is 24.2 Å². The molecule has 0 saturated heterocycles. The number of hydrogen-bond acceptors (Lipinski definition) is 7. The second-order valence-electron chi connectivity index (χ2n) is 11.0. The topological polar surface area (TPSA) is 110 Å². The molecule has 174 valence electrons. The molecule has 0 amide bonds. The molecule has 0 aromatic heterocycles. The van der Waals surface area contributed by atoms with Crippen molar-refractivity contribution in [3.63, 3.8) is 0 Å². The molecule has 0 aromatic rings. The highest BCUT2D eigenvalue weighted by atomic mass is 16.5. The average Bonchev–Trinajstić information content (AvgIpc) is 2.80. The number of esters is 1. The van der Waals surface area contributed by atoms with Gasteiger partial charge in [-0.05, 0) is 37.5 Å². The number of carbonyl (C=O) groups excluding carboxylic acids is 3. The molecule has 2 N–H and O–H groups in total. The number of carbonyl (C=O) groups is 3. The van der Waals surface area contributed by atoms with E-state index in [1.807, 2.05) is 27.7 Å². The van der Waals surface area contributed by atoms with Crippen LogP contribution in [0.2, 0.25) is 0 Å². The number of Topliss-reactive ketones (excluding diaryl/α,β-unsaturated/α-hetero) is 2. The van der Waals surface area contributed by atoms with Crippen LogP contribution in [0, 0.1) is 39.9 Å². The van der Waals surface area contributed by atoms with Crippen molar-refractivity contribution in [1.82, 2.24) is 0 Å². The summed E-state index contributed by atoms with van der Waals surface area (Å²) in [6.07, 6.45) is -0.856. The van der Waals surface area contributed by atoms with Crippen LogP contribution in [0.15, 0.2) is 0 Å². The fourth-order valence-corrected chi connectivity index (χ4v) is 8.14. The van der Waals surface area contributed by atoms with Crippen LogP contribution in [-0.2, 0) is 23.9 Å². The molecule has 1 spiro atoms. The van der Waals surface area contributed by atoms with E-state index in [1.165, 1.54) is 6.92 Å². The first-order chi connectivity index (χ1) is 14.4. The number of ether oxygens (including phenoxy) is 2. The first-order valence-electron chi connectivity index (χ1n) is 11.6. The molecule has 7 heteroatoms. The lowest BCUT2D eigenvalue weighted by atomic mass is 9.39. The minimum atomic E-state index is -1.46. The summed E-state index contributed by atoms with van der Waals surface area (Å²) in [6, 6.07) is 0. The smallest absolute Gasteiger partial charge is 0.302 e. The van der Waals surface area contributed by atoms with Gasteiger partial charge in [0.15, 0.2) is 5.78 Å². The van der Waals surface area contributed by atoms with Crippen LogP contribution in [0.1, 0.15) is 60.3 Å². The summed E-state index contributed by atoms with van der Waals surface area (Å²) >= 11 is 0. The van der Waals surface area contributed by atoms with E-state index in [2.05, 4.69) is 0 Å². The number of fused-ring (bicyclic) bond motifs is 3. The van der Waals surface area contributed by atoms with Crippen LogP contribution in [-0.4, -0.2) is 59.3 Å². The zero-order valence-corrected chi connectivity index (χ0v) is 19.2. The Balaban J connectivity index is 1.78. The third kappa shape index (κ3) is 2.85. The van der Waals surface area contributed by atoms with Gasteiger partial charge in [-0.1, -0.05) is 20.8 Å². The van der Waals surface area contributed by atoms with E-state index in [0.717, 1.165) is 0 Å². The van der Waals surface area contributed by atoms with Gasteiger partial charge in [0.2, 0.25) is 0 Å². The van der Waals surface area contributed by atoms with Crippen molar-refractivity contribution in [2.75, 3.05) is 13.2 Å². The maximum atomic E-state index is 13.8. The van der Waals surface area contributed by atoms with Crippen molar-refractivity contribution in [2.45, 2.75) is 78.6 Å². The Labute approximate surface area is 183 Å². The molecule has 7 nitrogen and oxygen atoms in total. The molecule has 4 fully saturated rings. The van der Waals surface area contributed by atoms with Crippen LogP contribution in [0.5, 0.6) is 0 Å². The summed E-state index contributed by atoms with van der Waals surface area (Å²) in [5.74, 6) is -2.51. The van der Waals surface area contributed by atoms with Crippen LogP contribution in [0.3, 0.4) is 0 Å². The van der Waals surface area contributed by atoms with Crippen molar-refractivity contribution in [3.05, 3.63) is 0 Å².